The predicted molar refractivity (Wildman–Crippen MR) is 88.8 cm³/mol. The Morgan fingerprint density at radius 3 is 2.96 bits per heavy atom. The zero-order valence-electron chi connectivity index (χ0n) is 13.2. The van der Waals surface area contributed by atoms with E-state index in [0.717, 1.165) is 35.4 Å². The topological polar surface area (TPSA) is 63.7 Å². The molecular formula is C17H21N3O3. The van der Waals surface area contributed by atoms with Gasteiger partial charge in [0.25, 0.3) is 0 Å². The summed E-state index contributed by atoms with van der Waals surface area (Å²) in [6.45, 7) is 5.84. The molecule has 0 saturated carbocycles. The first-order chi connectivity index (χ1) is 11.3. The molecule has 3 rings (SSSR count). The van der Waals surface area contributed by atoms with E-state index in [9.17, 15) is 4.79 Å². The van der Waals surface area contributed by atoms with E-state index in [1.54, 1.807) is 6.20 Å². The highest BCUT2D eigenvalue weighted by atomic mass is 16.5. The maximum atomic E-state index is 12.3. The van der Waals surface area contributed by atoms with Gasteiger partial charge >= 0.3 is 0 Å². The summed E-state index contributed by atoms with van der Waals surface area (Å²) in [4.78, 5) is 18.8. The zero-order valence-corrected chi connectivity index (χ0v) is 13.2. The van der Waals surface area contributed by atoms with Gasteiger partial charge in [-0.15, -0.1) is 0 Å². The van der Waals surface area contributed by atoms with Gasteiger partial charge in [0.2, 0.25) is 5.91 Å². The van der Waals surface area contributed by atoms with Crippen LogP contribution in [0.1, 0.15) is 6.92 Å². The second-order valence-electron chi connectivity index (χ2n) is 5.38. The number of carbonyl (C=O) groups is 1. The number of pyridine rings is 1. The van der Waals surface area contributed by atoms with E-state index in [4.69, 9.17) is 9.47 Å². The van der Waals surface area contributed by atoms with Crippen molar-refractivity contribution < 1.29 is 14.3 Å². The molecule has 0 bridgehead atoms. The Balaban J connectivity index is 1.77. The molecule has 0 aliphatic carbocycles. The molecule has 2 heterocycles. The molecule has 0 unspecified atom stereocenters. The first kappa shape index (κ1) is 15.7. The third-order valence-corrected chi connectivity index (χ3v) is 3.78. The summed E-state index contributed by atoms with van der Waals surface area (Å²) >= 11 is 0. The summed E-state index contributed by atoms with van der Waals surface area (Å²) in [6.07, 6.45) is 1.73. The van der Waals surface area contributed by atoms with Crippen molar-refractivity contribution in [2.24, 2.45) is 0 Å². The van der Waals surface area contributed by atoms with Crippen LogP contribution >= 0.6 is 0 Å². The summed E-state index contributed by atoms with van der Waals surface area (Å²) in [7, 11) is 0. The molecular weight excluding hydrogens is 294 g/mol. The number of anilines is 1. The quantitative estimate of drug-likeness (QED) is 0.913. The van der Waals surface area contributed by atoms with E-state index >= 15 is 0 Å². The molecule has 2 aromatic rings. The van der Waals surface area contributed by atoms with E-state index in [1.165, 1.54) is 0 Å². The highest BCUT2D eigenvalue weighted by Crippen LogP contribution is 2.29. The van der Waals surface area contributed by atoms with Gasteiger partial charge in [0.1, 0.15) is 11.3 Å². The minimum atomic E-state index is -0.0267. The lowest BCUT2D eigenvalue weighted by molar-refractivity contribution is -0.118. The Morgan fingerprint density at radius 1 is 1.35 bits per heavy atom. The average molecular weight is 315 g/mol. The van der Waals surface area contributed by atoms with Gasteiger partial charge in [0.15, 0.2) is 0 Å². The Kier molecular flexibility index (Phi) is 5.05. The first-order valence-electron chi connectivity index (χ1n) is 7.88. The molecule has 0 spiro atoms. The molecule has 6 nitrogen and oxygen atoms in total. The fourth-order valence-electron chi connectivity index (χ4n) is 2.68. The largest absolute Gasteiger partial charge is 0.492 e. The first-order valence-corrected chi connectivity index (χ1v) is 7.88. The molecule has 6 heteroatoms. The number of ether oxygens (including phenoxy) is 2. The van der Waals surface area contributed by atoms with Crippen molar-refractivity contribution >= 4 is 22.5 Å². The predicted octanol–water partition coefficient (Wildman–Crippen LogP) is 1.90. The molecule has 1 saturated heterocycles. The van der Waals surface area contributed by atoms with E-state index < -0.39 is 0 Å². The van der Waals surface area contributed by atoms with Gasteiger partial charge in [-0.2, -0.15) is 0 Å². The standard InChI is InChI=1S/C17H21N3O3/c1-2-23-15-6-5-14(13-4-3-7-18-17(13)15)19-16(21)12-20-8-10-22-11-9-20/h3-7H,2,8-12H2,1H3,(H,19,21). The van der Waals surface area contributed by atoms with Crippen LogP contribution in [0.2, 0.25) is 0 Å². The molecule has 1 aliphatic rings. The smallest absolute Gasteiger partial charge is 0.238 e. The van der Waals surface area contributed by atoms with Crippen LogP contribution in [0.3, 0.4) is 0 Å². The number of rotatable bonds is 5. The van der Waals surface area contributed by atoms with Crippen molar-refractivity contribution in [2.45, 2.75) is 6.92 Å². The van der Waals surface area contributed by atoms with Gasteiger partial charge in [0.05, 0.1) is 32.1 Å². The Bertz CT molecular complexity index is 684. The van der Waals surface area contributed by atoms with Gasteiger partial charge in [-0.1, -0.05) is 0 Å². The Hall–Kier alpha value is -2.18. The molecule has 0 atom stereocenters. The zero-order chi connectivity index (χ0) is 16.1. The van der Waals surface area contributed by atoms with Gasteiger partial charge in [-0.05, 0) is 31.2 Å². The van der Waals surface area contributed by atoms with Crippen molar-refractivity contribution in [2.75, 3.05) is 44.8 Å². The lowest BCUT2D eigenvalue weighted by atomic mass is 10.1. The number of hydrogen-bond donors (Lipinski definition) is 1. The molecule has 1 N–H and O–H groups in total. The van der Waals surface area contributed by atoms with Gasteiger partial charge in [-0.25, -0.2) is 0 Å². The molecule has 1 fully saturated rings. The lowest BCUT2D eigenvalue weighted by Gasteiger charge is -2.25. The van der Waals surface area contributed by atoms with Crippen molar-refractivity contribution in [3.05, 3.63) is 30.5 Å². The van der Waals surface area contributed by atoms with Crippen LogP contribution in [0.25, 0.3) is 10.9 Å². The second-order valence-corrected chi connectivity index (χ2v) is 5.38. The Labute approximate surface area is 135 Å². The number of amides is 1. The summed E-state index contributed by atoms with van der Waals surface area (Å²) in [6, 6.07) is 7.51. The number of morpholine rings is 1. The lowest BCUT2D eigenvalue weighted by Crippen LogP contribution is -2.41. The van der Waals surface area contributed by atoms with Gasteiger partial charge < -0.3 is 14.8 Å². The highest BCUT2D eigenvalue weighted by Gasteiger charge is 2.15. The third-order valence-electron chi connectivity index (χ3n) is 3.78. The normalized spacial score (nSPS) is 15.5. The van der Waals surface area contributed by atoms with Crippen LogP contribution in [0.15, 0.2) is 30.5 Å². The Morgan fingerprint density at radius 2 is 2.17 bits per heavy atom. The van der Waals surface area contributed by atoms with Crippen LogP contribution in [-0.2, 0) is 9.53 Å². The SMILES string of the molecule is CCOc1ccc(NC(=O)CN2CCOCC2)c2cccnc12. The van der Waals surface area contributed by atoms with Crippen LogP contribution < -0.4 is 10.1 Å². The summed E-state index contributed by atoms with van der Waals surface area (Å²) < 4.78 is 10.9. The number of aromatic nitrogens is 1. The van der Waals surface area contributed by atoms with E-state index in [2.05, 4.69) is 15.2 Å². The molecule has 1 aromatic heterocycles. The highest BCUT2D eigenvalue weighted by molar-refractivity contribution is 6.03. The maximum Gasteiger partial charge on any atom is 0.238 e. The third kappa shape index (κ3) is 3.78. The van der Waals surface area contributed by atoms with Crippen LogP contribution in [0.5, 0.6) is 5.75 Å². The molecule has 1 aromatic carbocycles. The molecule has 1 aliphatic heterocycles. The van der Waals surface area contributed by atoms with E-state index in [0.29, 0.717) is 26.4 Å². The van der Waals surface area contributed by atoms with E-state index in [-0.39, 0.29) is 5.91 Å². The number of nitrogens with one attached hydrogen (secondary N) is 1. The number of nitrogens with zero attached hydrogens (tertiary/aromatic N) is 2. The van der Waals surface area contributed by atoms with Crippen molar-refractivity contribution in [3.63, 3.8) is 0 Å². The fourth-order valence-corrected chi connectivity index (χ4v) is 2.68. The van der Waals surface area contributed by atoms with Crippen molar-refractivity contribution in [1.29, 1.82) is 0 Å². The van der Waals surface area contributed by atoms with Gasteiger partial charge in [0, 0.05) is 24.7 Å². The average Bonchev–Trinajstić information content (AvgIpc) is 2.58. The maximum absolute atomic E-state index is 12.3. The van der Waals surface area contributed by atoms with Crippen molar-refractivity contribution in [1.82, 2.24) is 9.88 Å². The van der Waals surface area contributed by atoms with Crippen LogP contribution in [0.4, 0.5) is 5.69 Å². The second kappa shape index (κ2) is 7.39. The number of fused-ring (bicyclic) bond motifs is 1. The summed E-state index contributed by atoms with van der Waals surface area (Å²) in [5.41, 5.74) is 1.52. The minimum absolute atomic E-state index is 0.0267. The van der Waals surface area contributed by atoms with Crippen molar-refractivity contribution in [3.8, 4) is 5.75 Å². The minimum Gasteiger partial charge on any atom is -0.492 e. The molecule has 122 valence electrons. The molecule has 1 amide bonds. The monoisotopic (exact) mass is 315 g/mol. The fraction of sp³-hybridized carbons (Fsp3) is 0.412. The van der Waals surface area contributed by atoms with Gasteiger partial charge in [-0.3, -0.25) is 14.7 Å². The van der Waals surface area contributed by atoms with Crippen LogP contribution in [-0.4, -0.2) is 55.2 Å². The molecule has 23 heavy (non-hydrogen) atoms. The molecule has 0 radical (unpaired) electrons. The summed E-state index contributed by atoms with van der Waals surface area (Å²) in [5, 5.41) is 3.87. The van der Waals surface area contributed by atoms with E-state index in [1.807, 2.05) is 31.2 Å². The number of benzene rings is 1. The summed E-state index contributed by atoms with van der Waals surface area (Å²) in [5.74, 6) is 0.704. The number of carbonyl (C=O) groups excluding carboxylic acids is 1. The van der Waals surface area contributed by atoms with Crippen LogP contribution in [0, 0.1) is 0 Å². The number of hydrogen-bond acceptors (Lipinski definition) is 5.